The zero-order valence-corrected chi connectivity index (χ0v) is 35.1. The largest absolute Gasteiger partial charge is 1.00 e. The smallest absolute Gasteiger partial charge is 0.550 e. The number of benzene rings is 4. The first-order valence-electron chi connectivity index (χ1n) is 16.8. The van der Waals surface area contributed by atoms with E-state index in [1.54, 1.807) is 18.2 Å². The van der Waals surface area contributed by atoms with Crippen LogP contribution in [-0.2, 0) is 23.7 Å². The number of rotatable bonds is 16. The first-order chi connectivity index (χ1) is 27.1. The summed E-state index contributed by atoms with van der Waals surface area (Å²) in [6, 6.07) is 25.2. The number of phenols is 1. The minimum atomic E-state index is -1.08. The van der Waals surface area contributed by atoms with Crippen molar-refractivity contribution in [1.82, 2.24) is 0 Å². The van der Waals surface area contributed by atoms with Crippen LogP contribution in [0.1, 0.15) is 51.3 Å². The van der Waals surface area contributed by atoms with Gasteiger partial charge in [0.2, 0.25) is 0 Å². The number of aromatic hydroxyl groups is 1. The normalized spacial score (nSPS) is 12.3. The van der Waals surface area contributed by atoms with Gasteiger partial charge in [-0.3, -0.25) is 9.59 Å². The van der Waals surface area contributed by atoms with E-state index < -0.39 is 11.8 Å². The van der Waals surface area contributed by atoms with Gasteiger partial charge in [-0.15, -0.1) is 0 Å². The average molecular weight is 803 g/mol. The van der Waals surface area contributed by atoms with Crippen LogP contribution < -0.4 is 58.3 Å². The van der Waals surface area contributed by atoms with Crippen molar-refractivity contribution < 1.29 is 102 Å². The molecule has 1 heterocycles. The van der Waals surface area contributed by atoms with Crippen LogP contribution in [0.25, 0.3) is 6.08 Å². The van der Waals surface area contributed by atoms with Gasteiger partial charge in [0.05, 0.1) is 6.42 Å². The second-order valence-electron chi connectivity index (χ2n) is 11.1. The van der Waals surface area contributed by atoms with Gasteiger partial charge in [-0.2, -0.15) is 0 Å². The maximum Gasteiger partial charge on any atom is 1.00 e. The molecule has 4 aromatic carbocycles. The minimum absolute atomic E-state index is 0. The summed E-state index contributed by atoms with van der Waals surface area (Å²) in [4.78, 5) is 34.1. The van der Waals surface area contributed by atoms with Gasteiger partial charge in [0.1, 0.15) is 51.7 Å². The number of aliphatic hydroxyl groups excluding tert-OH is 1. The molecular formula is C41H47NaO15. The second kappa shape index (κ2) is 28.4. The molecule has 0 amide bonds. The van der Waals surface area contributed by atoms with Crippen LogP contribution in [0.5, 0.6) is 34.5 Å². The molecule has 0 saturated carbocycles. The molecule has 0 aliphatic carbocycles. The van der Waals surface area contributed by atoms with E-state index in [0.717, 1.165) is 25.2 Å². The molecule has 0 bridgehead atoms. The molecule has 0 radical (unpaired) electrons. The summed E-state index contributed by atoms with van der Waals surface area (Å²) in [5.74, 6) is 0.0114. The fraction of sp³-hybridized carbons (Fsp3) is 0.293. The molecule has 0 spiro atoms. The number of aliphatic hydroxyl groups is 1. The Balaban J connectivity index is 0.000000493. The Kier molecular flexibility index (Phi) is 25.0. The quantitative estimate of drug-likeness (QED) is 0.0722. The van der Waals surface area contributed by atoms with E-state index in [0.29, 0.717) is 28.6 Å². The monoisotopic (exact) mass is 802 g/mol. The number of ketones is 2. The molecule has 4 aromatic rings. The number of ether oxygens (including phenoxy) is 9. The van der Waals surface area contributed by atoms with Crippen molar-refractivity contribution in [3.8, 4) is 34.5 Å². The van der Waals surface area contributed by atoms with E-state index in [-0.39, 0.29) is 92.1 Å². The number of Topliss-reactive ketones (excluding diaryl/α,β-unsaturated/α-hetero) is 1. The van der Waals surface area contributed by atoms with Crippen LogP contribution in [0.15, 0.2) is 91.0 Å². The fourth-order valence-electron chi connectivity index (χ4n) is 4.79. The molecule has 2 N–H and O–H groups in total. The number of carboxylic acid groups (broad SMARTS) is 1. The number of fused-ring (bicyclic) bond motifs is 1. The Morgan fingerprint density at radius 3 is 1.77 bits per heavy atom. The Morgan fingerprint density at radius 2 is 1.23 bits per heavy atom. The number of aliphatic carboxylic acids is 1. The van der Waals surface area contributed by atoms with Crippen LogP contribution in [-0.4, -0.2) is 90.5 Å². The van der Waals surface area contributed by atoms with Crippen LogP contribution in [0.2, 0.25) is 0 Å². The standard InChI is InChI=1S/2C19H20O6.C2H4O2.CH4O.Na/c1-21-11-23-14-8-17(24-12-22-2)19-15(20)10-16(25-18(19)9-14)13-6-4-3-5-7-13;1-22-12-24-15-10-17(21)19(18(11-15)25-13-23-2)16(20)9-8-14-6-4-3-5-7-14;1-2(3)4;1-2;/h3-9,16H,10-12H2,1-2H3;3-11,21H,12-13H2,1-2H3;1H3,(H,3,4);2H,1H3;/q;;;;+1/p-1/b;9-8+;;;/t16-;;;;/m0..../s1. The Labute approximate surface area is 353 Å². The third kappa shape index (κ3) is 17.4. The van der Waals surface area contributed by atoms with E-state index in [2.05, 4.69) is 0 Å². The summed E-state index contributed by atoms with van der Waals surface area (Å²) in [5, 5.41) is 26.1. The SMILES string of the molecule is CC(=O)[O-].CO.COCOc1cc(O)c(C(=O)/C=C/c2ccccc2)c(OCOC)c1.COCOc1cc(OCOC)c2c(c1)O[C@H](c1ccccc1)CC2=O.[Na+]. The number of methoxy groups -OCH3 is 4. The van der Waals surface area contributed by atoms with Crippen LogP contribution in [0.3, 0.4) is 0 Å². The molecule has 0 aromatic heterocycles. The van der Waals surface area contributed by atoms with Crippen molar-refractivity contribution >= 4 is 23.6 Å². The van der Waals surface area contributed by atoms with E-state index in [1.165, 1.54) is 46.6 Å². The van der Waals surface area contributed by atoms with Crippen molar-refractivity contribution in [2.75, 3.05) is 62.7 Å². The summed E-state index contributed by atoms with van der Waals surface area (Å²) in [6.07, 6.45) is 2.95. The van der Waals surface area contributed by atoms with Crippen molar-refractivity contribution in [3.63, 3.8) is 0 Å². The maximum atomic E-state index is 12.7. The summed E-state index contributed by atoms with van der Waals surface area (Å²) in [7, 11) is 6.99. The summed E-state index contributed by atoms with van der Waals surface area (Å²) in [6.45, 7) is 1.01. The number of carboxylic acids is 1. The van der Waals surface area contributed by atoms with Gasteiger partial charge in [-0.25, -0.2) is 0 Å². The molecule has 1 aliphatic heterocycles. The van der Waals surface area contributed by atoms with Gasteiger partial charge >= 0.3 is 29.6 Å². The van der Waals surface area contributed by atoms with Gasteiger partial charge in [0.25, 0.3) is 0 Å². The summed E-state index contributed by atoms with van der Waals surface area (Å²) in [5.41, 5.74) is 2.27. The predicted molar refractivity (Wildman–Crippen MR) is 202 cm³/mol. The average Bonchev–Trinajstić information content (AvgIpc) is 3.20. The minimum Gasteiger partial charge on any atom is -0.550 e. The topological polar surface area (TPSA) is 198 Å². The Bertz CT molecular complexity index is 1810. The number of carbonyl (C=O) groups is 3. The van der Waals surface area contributed by atoms with Crippen LogP contribution >= 0.6 is 0 Å². The molecule has 15 nitrogen and oxygen atoms in total. The molecular weight excluding hydrogens is 755 g/mol. The third-order valence-corrected chi connectivity index (χ3v) is 7.01. The van der Waals surface area contributed by atoms with Crippen molar-refractivity contribution in [3.05, 3.63) is 113 Å². The summed E-state index contributed by atoms with van der Waals surface area (Å²) >= 11 is 0. The molecule has 57 heavy (non-hydrogen) atoms. The van der Waals surface area contributed by atoms with E-state index in [1.807, 2.05) is 60.7 Å². The van der Waals surface area contributed by atoms with Crippen LogP contribution in [0, 0.1) is 0 Å². The number of allylic oxidation sites excluding steroid dienone is 1. The zero-order valence-electron chi connectivity index (χ0n) is 33.1. The first kappa shape index (κ1) is 50.0. The van der Waals surface area contributed by atoms with E-state index in [9.17, 15) is 14.7 Å². The van der Waals surface area contributed by atoms with Crippen molar-refractivity contribution in [1.29, 1.82) is 0 Å². The van der Waals surface area contributed by atoms with Gasteiger partial charge in [0, 0.05) is 65.8 Å². The number of carbonyl (C=O) groups excluding carboxylic acids is 3. The molecule has 0 saturated heterocycles. The van der Waals surface area contributed by atoms with Gasteiger partial charge in [0.15, 0.2) is 38.7 Å². The van der Waals surface area contributed by atoms with E-state index >= 15 is 0 Å². The first-order valence-corrected chi connectivity index (χ1v) is 16.8. The number of hydrogen-bond donors (Lipinski definition) is 2. The molecule has 16 heteroatoms. The molecule has 0 fully saturated rings. The number of hydrogen-bond acceptors (Lipinski definition) is 15. The second-order valence-corrected chi connectivity index (χ2v) is 11.1. The molecule has 5 rings (SSSR count). The molecule has 1 atom stereocenters. The predicted octanol–water partition coefficient (Wildman–Crippen LogP) is 1.98. The molecule has 1 aliphatic rings. The summed E-state index contributed by atoms with van der Waals surface area (Å²) < 4.78 is 47.4. The van der Waals surface area contributed by atoms with E-state index in [4.69, 9.17) is 57.6 Å². The molecule has 0 unspecified atom stereocenters. The Morgan fingerprint density at radius 1 is 0.754 bits per heavy atom. The van der Waals surface area contributed by atoms with Gasteiger partial charge in [-0.05, 0) is 24.1 Å². The third-order valence-electron chi connectivity index (χ3n) is 7.01. The zero-order chi connectivity index (χ0) is 41.3. The Hall–Kier alpha value is -4.97. The molecule has 302 valence electrons. The van der Waals surface area contributed by atoms with Crippen molar-refractivity contribution in [2.24, 2.45) is 0 Å². The van der Waals surface area contributed by atoms with Gasteiger partial charge in [-0.1, -0.05) is 66.7 Å². The van der Waals surface area contributed by atoms with Crippen LogP contribution in [0.4, 0.5) is 0 Å². The fourth-order valence-corrected chi connectivity index (χ4v) is 4.79. The van der Waals surface area contributed by atoms with Crippen molar-refractivity contribution in [2.45, 2.75) is 19.4 Å². The van der Waals surface area contributed by atoms with Gasteiger partial charge < -0.3 is 62.7 Å². The number of phenolic OH excluding ortho intramolecular Hbond substituents is 1. The maximum absolute atomic E-state index is 12.7.